The Bertz CT molecular complexity index is 3960. The van der Waals surface area contributed by atoms with Crippen molar-refractivity contribution in [3.05, 3.63) is 199 Å². The third kappa shape index (κ3) is 16.2. The van der Waals surface area contributed by atoms with Gasteiger partial charge in [0.1, 0.15) is 11.2 Å². The predicted octanol–water partition coefficient (Wildman–Crippen LogP) is 20.8. The Hall–Kier alpha value is -7.26. The van der Waals surface area contributed by atoms with Crippen LogP contribution in [0.5, 0.6) is 0 Å². The summed E-state index contributed by atoms with van der Waals surface area (Å²) in [7, 11) is 0. The fourth-order valence-electron chi connectivity index (χ4n) is 14.0. The van der Waals surface area contributed by atoms with E-state index in [2.05, 4.69) is 208 Å². The molecule has 4 heterocycles. The molecule has 97 heavy (non-hydrogen) atoms. The van der Waals surface area contributed by atoms with Crippen LogP contribution in [0, 0.1) is 16.2 Å². The highest BCUT2D eigenvalue weighted by Crippen LogP contribution is 2.44. The van der Waals surface area contributed by atoms with E-state index < -0.39 is 0 Å². The maximum absolute atomic E-state index is 6.97. The molecule has 0 spiro atoms. The minimum absolute atomic E-state index is 0.227. The van der Waals surface area contributed by atoms with E-state index in [0.717, 1.165) is 236 Å². The number of nitrogens with zero attached hydrogens (tertiary/aromatic N) is 1. The van der Waals surface area contributed by atoms with E-state index >= 15 is 0 Å². The molecule has 0 atom stereocenters. The number of benzene rings is 9. The molecule has 0 unspecified atom stereocenters. The van der Waals surface area contributed by atoms with Gasteiger partial charge in [0.25, 0.3) is 0 Å². The van der Waals surface area contributed by atoms with Gasteiger partial charge < -0.3 is 51.9 Å². The molecule has 3 saturated heterocycles. The monoisotopic (exact) mass is 1310 g/mol. The molecule has 13 rings (SSSR count). The molecular weight excluding hydrogens is 1210 g/mol. The van der Waals surface area contributed by atoms with Crippen molar-refractivity contribution in [3.8, 4) is 33.4 Å². The molecule has 11 heteroatoms. The summed E-state index contributed by atoms with van der Waals surface area (Å²) in [6.07, 6.45) is 12.7. The van der Waals surface area contributed by atoms with Crippen molar-refractivity contribution >= 4 is 60.5 Å². The van der Waals surface area contributed by atoms with Gasteiger partial charge in [0.15, 0.2) is 0 Å². The summed E-state index contributed by atoms with van der Waals surface area (Å²) in [6, 6.07) is 66.5. The average Bonchev–Trinajstić information content (AvgIpc) is 1.53. The van der Waals surface area contributed by atoms with E-state index in [1.807, 2.05) is 0 Å². The molecule has 3 aliphatic rings. The number of fused-ring (bicyclic) bond motifs is 5. The smallest absolute Gasteiger partial charge is 0.143 e. The van der Waals surface area contributed by atoms with Crippen molar-refractivity contribution in [2.75, 3.05) is 104 Å². The predicted molar refractivity (Wildman–Crippen MR) is 393 cm³/mol. The topological polar surface area (TPSA) is 99.5 Å². The molecule has 0 radical (unpaired) electrons. The second-order valence-electron chi connectivity index (χ2n) is 27.7. The lowest BCUT2D eigenvalue weighted by atomic mass is 9.84. The van der Waals surface area contributed by atoms with Crippen LogP contribution in [-0.2, 0) is 62.5 Å². The van der Waals surface area contributed by atoms with E-state index in [1.54, 1.807) is 0 Å². The second-order valence-corrected chi connectivity index (χ2v) is 27.7. The Morgan fingerprint density at radius 3 is 1.13 bits per heavy atom. The standard InChI is InChI=1S/C86H99NO10/c1-4-84(58-94-59-84)55-91-48-17-7-14-45-88-52-67-37-43-75(78-28-12-10-26-73(67)78)64-33-39-70(40-34-64)87(71-41-35-65(36-42-71)76-44-38-68(74-27-11-13-29-79(74)76)53-89-46-15-8-18-49-92-56-85(5-2)60-95-61-85)72-25-20-23-66(51-72)77-30-22-32-81-80-31-21-24-69(82(80)97-83(77)81)54-90-47-16-9-19-50-93-57-86(6-3)62-96-63-86/h10-13,20-44,51H,4-9,14-19,45-50,52-63H2,1-3H3. The molecule has 0 saturated carbocycles. The van der Waals surface area contributed by atoms with E-state index in [0.29, 0.717) is 26.4 Å². The molecule has 3 aliphatic heterocycles. The van der Waals surface area contributed by atoms with Gasteiger partial charge in [-0.05, 0) is 174 Å². The maximum Gasteiger partial charge on any atom is 0.143 e. The van der Waals surface area contributed by atoms with Gasteiger partial charge >= 0.3 is 0 Å². The van der Waals surface area contributed by atoms with Crippen LogP contribution < -0.4 is 4.90 Å². The zero-order chi connectivity index (χ0) is 66.1. The molecule has 0 bridgehead atoms. The molecule has 0 N–H and O–H groups in total. The van der Waals surface area contributed by atoms with Gasteiger partial charge in [-0.3, -0.25) is 0 Å². The zero-order valence-electron chi connectivity index (χ0n) is 57.6. The lowest BCUT2D eigenvalue weighted by molar-refractivity contribution is -0.150. The molecule has 10 aromatic rings. The van der Waals surface area contributed by atoms with E-state index in [9.17, 15) is 0 Å². The Kier molecular flexibility index (Phi) is 23.3. The van der Waals surface area contributed by atoms with Crippen LogP contribution in [0.1, 0.15) is 115 Å². The van der Waals surface area contributed by atoms with Gasteiger partial charge in [-0.15, -0.1) is 0 Å². The van der Waals surface area contributed by atoms with Gasteiger partial charge in [-0.1, -0.05) is 166 Å². The van der Waals surface area contributed by atoms with E-state index in [4.69, 9.17) is 47.0 Å². The fourth-order valence-corrected chi connectivity index (χ4v) is 14.0. The highest BCUT2D eigenvalue weighted by Gasteiger charge is 2.39. The van der Waals surface area contributed by atoms with Crippen molar-refractivity contribution in [2.45, 2.75) is 118 Å². The van der Waals surface area contributed by atoms with E-state index in [1.165, 1.54) is 43.8 Å². The number of unbranched alkanes of at least 4 members (excludes halogenated alkanes) is 6. The van der Waals surface area contributed by atoms with Crippen molar-refractivity contribution in [2.24, 2.45) is 16.2 Å². The normalized spacial score (nSPS) is 15.5. The van der Waals surface area contributed by atoms with Gasteiger partial charge in [-0.2, -0.15) is 0 Å². The van der Waals surface area contributed by atoms with Gasteiger partial charge in [0, 0.05) is 94.8 Å². The Morgan fingerprint density at radius 2 is 0.701 bits per heavy atom. The number of furan rings is 1. The van der Waals surface area contributed by atoms with E-state index in [-0.39, 0.29) is 16.2 Å². The van der Waals surface area contributed by atoms with Gasteiger partial charge in [0.2, 0.25) is 0 Å². The maximum atomic E-state index is 6.97. The largest absolute Gasteiger partial charge is 0.455 e. The summed E-state index contributed by atoms with van der Waals surface area (Å²) in [5, 5.41) is 7.03. The number of hydrogen-bond donors (Lipinski definition) is 0. The molecule has 508 valence electrons. The van der Waals surface area contributed by atoms with Crippen molar-refractivity contribution in [3.63, 3.8) is 0 Å². The van der Waals surface area contributed by atoms with Crippen molar-refractivity contribution < 1.29 is 47.0 Å². The highest BCUT2D eigenvalue weighted by molar-refractivity contribution is 6.10. The minimum atomic E-state index is 0.227. The van der Waals surface area contributed by atoms with Crippen LogP contribution in [0.25, 0.3) is 76.9 Å². The highest BCUT2D eigenvalue weighted by atomic mass is 16.5. The fraction of sp³-hybridized carbons (Fsp3) is 0.419. The quantitative estimate of drug-likeness (QED) is 0.0344. The average molecular weight is 1310 g/mol. The summed E-state index contributed by atoms with van der Waals surface area (Å²) in [4.78, 5) is 2.38. The molecule has 3 fully saturated rings. The summed E-state index contributed by atoms with van der Waals surface area (Å²) in [6.45, 7) is 20.2. The number of anilines is 3. The molecule has 0 amide bonds. The van der Waals surface area contributed by atoms with Crippen LogP contribution in [0.2, 0.25) is 0 Å². The first-order valence-electron chi connectivity index (χ1n) is 36.1. The van der Waals surface area contributed by atoms with Crippen molar-refractivity contribution in [1.82, 2.24) is 0 Å². The second kappa shape index (κ2) is 33.1. The van der Waals surface area contributed by atoms with Crippen molar-refractivity contribution in [1.29, 1.82) is 0 Å². The lowest BCUT2D eigenvalue weighted by Crippen LogP contribution is -2.45. The number of para-hydroxylation sites is 2. The number of hydrogen-bond acceptors (Lipinski definition) is 11. The molecule has 1 aromatic heterocycles. The van der Waals surface area contributed by atoms with Gasteiger partial charge in [0.05, 0.1) is 79.3 Å². The first-order valence-corrected chi connectivity index (χ1v) is 36.1. The minimum Gasteiger partial charge on any atom is -0.455 e. The third-order valence-electron chi connectivity index (χ3n) is 20.9. The molecule has 11 nitrogen and oxygen atoms in total. The lowest BCUT2D eigenvalue weighted by Gasteiger charge is -2.40. The number of ether oxygens (including phenoxy) is 9. The molecule has 0 aliphatic carbocycles. The zero-order valence-corrected chi connectivity index (χ0v) is 57.6. The Balaban J connectivity index is 0.720. The van der Waals surface area contributed by atoms with Gasteiger partial charge in [-0.25, -0.2) is 0 Å². The van der Waals surface area contributed by atoms with Crippen LogP contribution in [0.4, 0.5) is 17.1 Å². The molecular formula is C86H99NO10. The first-order chi connectivity index (χ1) is 47.9. The first kappa shape index (κ1) is 68.3. The third-order valence-corrected chi connectivity index (χ3v) is 20.9. The van der Waals surface area contributed by atoms with Crippen LogP contribution in [0.3, 0.4) is 0 Å². The summed E-state index contributed by atoms with van der Waals surface area (Å²) in [5.74, 6) is 0. The molecule has 9 aromatic carbocycles. The van der Waals surface area contributed by atoms with Crippen LogP contribution in [-0.4, -0.2) is 99.1 Å². The summed E-state index contributed by atoms with van der Waals surface area (Å²) < 4.78 is 60.5. The summed E-state index contributed by atoms with van der Waals surface area (Å²) in [5.41, 5.74) is 15.8. The number of rotatable bonds is 39. The van der Waals surface area contributed by atoms with Crippen LogP contribution >= 0.6 is 0 Å². The van der Waals surface area contributed by atoms with Crippen LogP contribution in [0.15, 0.2) is 186 Å². The Labute approximate surface area is 574 Å². The SMILES string of the molecule is CCC1(COCCCCCOCc2ccc(-c3ccc(N(c4ccc(-c5ccc(COCCCCCOCC6(CC)COC6)c6ccccc56)cc4)c4cccc(-c5cccc6c5oc5c(COCCCCCOCC7(CC)COC7)cccc56)c4)cc3)c3ccccc23)COC1. The Morgan fingerprint density at radius 1 is 0.309 bits per heavy atom. The summed E-state index contributed by atoms with van der Waals surface area (Å²) >= 11 is 0.